The number of carboxylic acids is 1. The predicted molar refractivity (Wildman–Crippen MR) is 100 cm³/mol. The van der Waals surface area contributed by atoms with Gasteiger partial charge in [-0.2, -0.15) is 0 Å². The molecule has 26 heavy (non-hydrogen) atoms. The van der Waals surface area contributed by atoms with Gasteiger partial charge in [-0.05, 0) is 34.6 Å². The van der Waals surface area contributed by atoms with Gasteiger partial charge in [0.1, 0.15) is 28.2 Å². The third kappa shape index (κ3) is 4.35. The summed E-state index contributed by atoms with van der Waals surface area (Å²) in [4.78, 5) is 31.0. The summed E-state index contributed by atoms with van der Waals surface area (Å²) in [5, 5.41) is 20.4. The molecule has 0 saturated heterocycles. The number of ether oxygens (including phenoxy) is 1. The number of thioether (sulfide) groups is 1. The van der Waals surface area contributed by atoms with E-state index >= 15 is 0 Å². The van der Waals surface area contributed by atoms with Crippen molar-refractivity contribution in [3.63, 3.8) is 0 Å². The Labute approximate surface area is 156 Å². The summed E-state index contributed by atoms with van der Waals surface area (Å²) in [5.74, 6) is -0.408. The number of aliphatic carboxylic acids is 1. The highest BCUT2D eigenvalue weighted by molar-refractivity contribution is 8.14. The van der Waals surface area contributed by atoms with Gasteiger partial charge in [0.05, 0.1) is 5.41 Å². The molecule has 2 N–H and O–H groups in total. The van der Waals surface area contributed by atoms with E-state index in [2.05, 4.69) is 9.98 Å². The van der Waals surface area contributed by atoms with E-state index in [1.807, 2.05) is 0 Å². The number of aliphatic imine (C=N–C) groups is 1. The Kier molecular flexibility index (Phi) is 5.37. The van der Waals surface area contributed by atoms with E-state index in [9.17, 15) is 19.8 Å². The number of nitrogens with zero attached hydrogens (tertiary/aromatic N) is 2. The summed E-state index contributed by atoms with van der Waals surface area (Å²) in [7, 11) is 0. The fraction of sp³-hybridized carbons (Fsp3) is 0.556. The van der Waals surface area contributed by atoms with Gasteiger partial charge in [0.25, 0.3) is 0 Å². The van der Waals surface area contributed by atoms with Crippen LogP contribution in [0.15, 0.2) is 17.3 Å². The van der Waals surface area contributed by atoms with Gasteiger partial charge in [-0.1, -0.05) is 0 Å². The van der Waals surface area contributed by atoms with Crippen molar-refractivity contribution in [1.29, 1.82) is 0 Å². The lowest BCUT2D eigenvalue weighted by atomic mass is 9.82. The fourth-order valence-electron chi connectivity index (χ4n) is 2.84. The smallest absolute Gasteiger partial charge is 0.309 e. The summed E-state index contributed by atoms with van der Waals surface area (Å²) in [6.07, 6.45) is 2.51. The second-order valence-electron chi connectivity index (χ2n) is 7.91. The monoisotopic (exact) mass is 380 g/mol. The zero-order valence-corrected chi connectivity index (χ0v) is 16.4. The summed E-state index contributed by atoms with van der Waals surface area (Å²) in [6.45, 7) is 8.50. The number of aromatic nitrogens is 1. The van der Waals surface area contributed by atoms with Gasteiger partial charge in [-0.15, -0.1) is 11.8 Å². The molecule has 1 aliphatic heterocycles. The van der Waals surface area contributed by atoms with Crippen LogP contribution in [-0.2, 0) is 9.59 Å². The highest BCUT2D eigenvalue weighted by Gasteiger charge is 2.37. The van der Waals surface area contributed by atoms with E-state index in [-0.39, 0.29) is 23.6 Å². The standard InChI is InChI=1S/C18H24N2O5S/c1-16(2,15(23)24)8-17(3,4)25-11-6-7-19-12(13(11)22)14-20-18(5,9-21)10-26-14/h6-7,9,22H,8,10H2,1-5H3,(H,23,24)/t18-/m0/s1. The maximum atomic E-state index is 11.4. The van der Waals surface area contributed by atoms with Crippen LogP contribution in [0.5, 0.6) is 11.5 Å². The minimum absolute atomic E-state index is 0.171. The number of hydrogen-bond donors (Lipinski definition) is 2. The van der Waals surface area contributed by atoms with Crippen LogP contribution >= 0.6 is 11.8 Å². The maximum absolute atomic E-state index is 11.4. The van der Waals surface area contributed by atoms with Crippen molar-refractivity contribution < 1.29 is 24.5 Å². The zero-order valence-electron chi connectivity index (χ0n) is 15.6. The van der Waals surface area contributed by atoms with Crippen LogP contribution in [0.2, 0.25) is 0 Å². The molecule has 8 heteroatoms. The Morgan fingerprint density at radius 1 is 1.42 bits per heavy atom. The Hall–Kier alpha value is -2.09. The number of aromatic hydroxyl groups is 1. The number of carboxylic acid groups (broad SMARTS) is 1. The normalized spacial score (nSPS) is 20.6. The van der Waals surface area contributed by atoms with E-state index in [4.69, 9.17) is 4.74 Å². The molecule has 0 aromatic carbocycles. The molecule has 0 unspecified atom stereocenters. The first-order valence-corrected chi connectivity index (χ1v) is 9.17. The van der Waals surface area contributed by atoms with Crippen molar-refractivity contribution >= 4 is 29.1 Å². The van der Waals surface area contributed by atoms with Gasteiger partial charge in [-0.3, -0.25) is 9.79 Å². The molecule has 0 aliphatic carbocycles. The van der Waals surface area contributed by atoms with Crippen LogP contribution in [0.1, 0.15) is 46.7 Å². The molecule has 1 aromatic rings. The molecular formula is C18H24N2O5S. The quantitative estimate of drug-likeness (QED) is 0.700. The molecule has 0 bridgehead atoms. The molecule has 0 amide bonds. The van der Waals surface area contributed by atoms with E-state index in [0.29, 0.717) is 10.8 Å². The predicted octanol–water partition coefficient (Wildman–Crippen LogP) is 2.90. The van der Waals surface area contributed by atoms with Gasteiger partial charge in [-0.25, -0.2) is 4.98 Å². The number of carbonyl (C=O) groups is 2. The second kappa shape index (κ2) is 6.90. The summed E-state index contributed by atoms with van der Waals surface area (Å²) < 4.78 is 5.91. The molecule has 0 fully saturated rings. The Morgan fingerprint density at radius 2 is 2.08 bits per heavy atom. The van der Waals surface area contributed by atoms with Gasteiger partial charge in [0, 0.05) is 24.4 Å². The molecule has 7 nitrogen and oxygen atoms in total. The molecular weight excluding hydrogens is 356 g/mol. The number of pyridine rings is 1. The Morgan fingerprint density at radius 3 is 2.62 bits per heavy atom. The van der Waals surface area contributed by atoms with Crippen molar-refractivity contribution in [2.24, 2.45) is 10.4 Å². The minimum Gasteiger partial charge on any atom is -0.503 e. The molecule has 2 heterocycles. The molecule has 1 atom stereocenters. The largest absolute Gasteiger partial charge is 0.503 e. The van der Waals surface area contributed by atoms with Crippen LogP contribution in [0, 0.1) is 5.41 Å². The van der Waals surface area contributed by atoms with Crippen LogP contribution in [0.3, 0.4) is 0 Å². The van der Waals surface area contributed by atoms with Crippen molar-refractivity contribution in [2.75, 3.05) is 5.75 Å². The maximum Gasteiger partial charge on any atom is 0.309 e. The van der Waals surface area contributed by atoms with Gasteiger partial charge in [0.15, 0.2) is 11.5 Å². The first-order valence-electron chi connectivity index (χ1n) is 8.19. The lowest BCUT2D eigenvalue weighted by Crippen LogP contribution is -2.38. The molecule has 1 aliphatic rings. The third-order valence-corrected chi connectivity index (χ3v) is 5.32. The van der Waals surface area contributed by atoms with Crippen molar-refractivity contribution in [1.82, 2.24) is 4.98 Å². The van der Waals surface area contributed by atoms with E-state index in [1.165, 1.54) is 24.0 Å². The van der Waals surface area contributed by atoms with Crippen LogP contribution in [0.4, 0.5) is 0 Å². The molecule has 2 rings (SSSR count). The van der Waals surface area contributed by atoms with E-state index < -0.39 is 22.5 Å². The molecule has 0 radical (unpaired) electrons. The van der Waals surface area contributed by atoms with Crippen LogP contribution < -0.4 is 4.74 Å². The molecule has 0 saturated carbocycles. The summed E-state index contributed by atoms with van der Waals surface area (Å²) in [5.41, 5.74) is -2.38. The van der Waals surface area contributed by atoms with Gasteiger partial charge in [0.2, 0.25) is 0 Å². The first-order chi connectivity index (χ1) is 11.9. The average molecular weight is 380 g/mol. The van der Waals surface area contributed by atoms with E-state index in [1.54, 1.807) is 34.6 Å². The number of rotatable bonds is 7. The number of carbonyl (C=O) groups excluding carboxylic acids is 1. The topological polar surface area (TPSA) is 109 Å². The van der Waals surface area contributed by atoms with E-state index in [0.717, 1.165) is 6.29 Å². The van der Waals surface area contributed by atoms with Crippen LogP contribution in [-0.4, -0.2) is 49.4 Å². The van der Waals surface area contributed by atoms with Crippen molar-refractivity contribution in [2.45, 2.75) is 52.2 Å². The molecule has 1 aromatic heterocycles. The van der Waals surface area contributed by atoms with Gasteiger partial charge < -0.3 is 19.7 Å². The SMILES string of the molecule is CC(C)(CC(C)(C)C(=O)O)Oc1ccnc(C2=N[C@@](C)(C=O)CS2)c1O. The number of hydrogen-bond acceptors (Lipinski definition) is 7. The highest BCUT2D eigenvalue weighted by Crippen LogP contribution is 2.39. The fourth-order valence-corrected chi connectivity index (χ4v) is 3.96. The summed E-state index contributed by atoms with van der Waals surface area (Å²) in [6, 6.07) is 1.52. The van der Waals surface area contributed by atoms with Crippen LogP contribution in [0.25, 0.3) is 0 Å². The van der Waals surface area contributed by atoms with Gasteiger partial charge >= 0.3 is 5.97 Å². The first kappa shape index (κ1) is 20.2. The highest BCUT2D eigenvalue weighted by atomic mass is 32.2. The molecule has 0 spiro atoms. The lowest BCUT2D eigenvalue weighted by molar-refractivity contribution is -0.149. The third-order valence-electron chi connectivity index (χ3n) is 4.03. The molecule has 142 valence electrons. The number of aldehydes is 1. The second-order valence-corrected chi connectivity index (χ2v) is 8.88. The average Bonchev–Trinajstić information content (AvgIpc) is 2.91. The van der Waals surface area contributed by atoms with Crippen molar-refractivity contribution in [3.05, 3.63) is 18.0 Å². The summed E-state index contributed by atoms with van der Waals surface area (Å²) >= 11 is 1.34. The Balaban J connectivity index is 2.29. The Bertz CT molecular complexity index is 760. The van der Waals surface area contributed by atoms with Crippen molar-refractivity contribution in [3.8, 4) is 11.5 Å². The minimum atomic E-state index is -0.980. The lowest BCUT2D eigenvalue weighted by Gasteiger charge is -2.33. The zero-order chi connectivity index (χ0) is 19.8.